The van der Waals surface area contributed by atoms with Crippen LogP contribution in [0.25, 0.3) is 5.57 Å². The predicted molar refractivity (Wildman–Crippen MR) is 86.4 cm³/mol. The van der Waals surface area contributed by atoms with Gasteiger partial charge in [-0.25, -0.2) is 17.9 Å². The maximum atomic E-state index is 13.0. The molecule has 0 spiro atoms. The largest absolute Gasteiger partial charge is 0.255 e. The van der Waals surface area contributed by atoms with Crippen LogP contribution in [0.5, 0.6) is 0 Å². The van der Waals surface area contributed by atoms with Crippen LogP contribution in [0.3, 0.4) is 0 Å². The number of halogens is 1. The third-order valence-electron chi connectivity index (χ3n) is 3.68. The van der Waals surface area contributed by atoms with Crippen molar-refractivity contribution >= 4 is 15.6 Å². The Morgan fingerprint density at radius 3 is 2.43 bits per heavy atom. The minimum Gasteiger partial charge on any atom is -0.255 e. The lowest BCUT2D eigenvalue weighted by molar-refractivity contribution is 0.597. The summed E-state index contributed by atoms with van der Waals surface area (Å²) in [4.78, 5) is 4.19. The molecule has 1 aromatic heterocycles. The maximum Gasteiger partial charge on any atom is 0.239 e. The van der Waals surface area contributed by atoms with E-state index in [1.54, 1.807) is 18.2 Å². The van der Waals surface area contributed by atoms with Crippen LogP contribution in [0.2, 0.25) is 0 Å². The molecule has 4 nitrogen and oxygen atoms in total. The molecule has 0 aliphatic heterocycles. The fourth-order valence-corrected chi connectivity index (χ4v) is 2.98. The Morgan fingerprint density at radius 2 is 1.83 bits per heavy atom. The zero-order valence-corrected chi connectivity index (χ0v) is 13.1. The summed E-state index contributed by atoms with van der Waals surface area (Å²) in [6.45, 7) is 0. The highest BCUT2D eigenvalue weighted by Gasteiger charge is 2.15. The monoisotopic (exact) mass is 330 g/mol. The van der Waals surface area contributed by atoms with Crippen LogP contribution in [0, 0.1) is 5.82 Å². The molecule has 2 aromatic rings. The van der Waals surface area contributed by atoms with Crippen LogP contribution in [-0.2, 0) is 16.4 Å². The topological polar surface area (TPSA) is 73.1 Å². The van der Waals surface area contributed by atoms with Gasteiger partial charge in [-0.1, -0.05) is 24.3 Å². The fraction of sp³-hybridized carbons (Fsp3) is 0.118. The number of pyridine rings is 1. The first-order chi connectivity index (χ1) is 10.9. The molecule has 6 heteroatoms. The van der Waals surface area contributed by atoms with Gasteiger partial charge < -0.3 is 0 Å². The number of hydrogen-bond donors (Lipinski definition) is 1. The second kappa shape index (κ2) is 6.06. The lowest BCUT2D eigenvalue weighted by Crippen LogP contribution is -2.12. The van der Waals surface area contributed by atoms with E-state index in [0.29, 0.717) is 12.1 Å². The van der Waals surface area contributed by atoms with Crippen molar-refractivity contribution in [2.24, 2.45) is 5.14 Å². The molecular formula is C17H15FN2O2S. The van der Waals surface area contributed by atoms with E-state index in [1.807, 2.05) is 6.08 Å². The Labute approximate surface area is 134 Å². The Hall–Kier alpha value is -2.31. The number of benzene rings is 1. The Kier molecular flexibility index (Phi) is 4.11. The number of hydrogen-bond acceptors (Lipinski definition) is 3. The summed E-state index contributed by atoms with van der Waals surface area (Å²) in [5.74, 6) is -0.259. The Morgan fingerprint density at radius 1 is 1.09 bits per heavy atom. The number of nitrogens with two attached hydrogens (primary N) is 1. The van der Waals surface area contributed by atoms with E-state index in [0.717, 1.165) is 23.1 Å². The number of rotatable bonds is 4. The van der Waals surface area contributed by atoms with Crippen molar-refractivity contribution in [3.63, 3.8) is 0 Å². The van der Waals surface area contributed by atoms with Crippen molar-refractivity contribution in [3.8, 4) is 0 Å². The van der Waals surface area contributed by atoms with Gasteiger partial charge in [-0.05, 0) is 53.8 Å². The highest BCUT2D eigenvalue weighted by Crippen LogP contribution is 2.30. The van der Waals surface area contributed by atoms with Gasteiger partial charge in [0.05, 0.1) is 5.69 Å². The smallest absolute Gasteiger partial charge is 0.239 e. The minimum atomic E-state index is -3.74. The van der Waals surface area contributed by atoms with Crippen LogP contribution < -0.4 is 5.14 Å². The normalized spacial score (nSPS) is 14.5. The summed E-state index contributed by atoms with van der Waals surface area (Å²) in [6, 6.07) is 9.48. The summed E-state index contributed by atoms with van der Waals surface area (Å²) in [5, 5.41) is 5.08. The first kappa shape index (κ1) is 15.6. The molecular weight excluding hydrogens is 315 g/mol. The lowest BCUT2D eigenvalue weighted by Gasteiger charge is -2.09. The van der Waals surface area contributed by atoms with Crippen molar-refractivity contribution in [2.45, 2.75) is 17.7 Å². The van der Waals surface area contributed by atoms with Gasteiger partial charge in [0.2, 0.25) is 10.0 Å². The molecule has 0 amide bonds. The summed E-state index contributed by atoms with van der Waals surface area (Å²) in [5.41, 5.74) is 3.76. The van der Waals surface area contributed by atoms with E-state index in [4.69, 9.17) is 5.14 Å². The van der Waals surface area contributed by atoms with Crippen LogP contribution in [-0.4, -0.2) is 13.4 Å². The van der Waals surface area contributed by atoms with Gasteiger partial charge in [0, 0.05) is 6.20 Å². The van der Waals surface area contributed by atoms with Gasteiger partial charge in [-0.15, -0.1) is 0 Å². The van der Waals surface area contributed by atoms with Crippen molar-refractivity contribution in [1.29, 1.82) is 0 Å². The van der Waals surface area contributed by atoms with E-state index in [-0.39, 0.29) is 10.7 Å². The molecule has 2 N–H and O–H groups in total. The molecule has 1 aliphatic rings. The first-order valence-electron chi connectivity index (χ1n) is 7.07. The maximum absolute atomic E-state index is 13.0. The number of aromatic nitrogens is 1. The van der Waals surface area contributed by atoms with E-state index in [1.165, 1.54) is 24.4 Å². The third-order valence-corrected chi connectivity index (χ3v) is 4.58. The zero-order valence-electron chi connectivity index (χ0n) is 12.2. The highest BCUT2D eigenvalue weighted by molar-refractivity contribution is 7.89. The molecule has 1 heterocycles. The molecule has 0 saturated carbocycles. The van der Waals surface area contributed by atoms with Crippen LogP contribution in [0.4, 0.5) is 4.39 Å². The van der Waals surface area contributed by atoms with E-state index in [2.05, 4.69) is 11.1 Å². The summed E-state index contributed by atoms with van der Waals surface area (Å²) < 4.78 is 35.5. The Balaban J connectivity index is 1.82. The predicted octanol–water partition coefficient (Wildman–Crippen LogP) is 2.82. The molecule has 1 aromatic carbocycles. The summed E-state index contributed by atoms with van der Waals surface area (Å²) in [6.07, 6.45) is 6.86. The first-order valence-corrected chi connectivity index (χ1v) is 8.61. The number of primary sulfonamides is 1. The van der Waals surface area contributed by atoms with Gasteiger partial charge in [0.15, 0.2) is 0 Å². The molecule has 0 atom stereocenters. The quantitative estimate of drug-likeness (QED) is 0.937. The van der Waals surface area contributed by atoms with Crippen LogP contribution >= 0.6 is 0 Å². The van der Waals surface area contributed by atoms with Crippen molar-refractivity contribution < 1.29 is 12.8 Å². The van der Waals surface area contributed by atoms with Crippen molar-refractivity contribution in [2.75, 3.05) is 0 Å². The van der Waals surface area contributed by atoms with E-state index < -0.39 is 10.0 Å². The number of nitrogens with zero attached hydrogens (tertiary/aromatic N) is 1. The van der Waals surface area contributed by atoms with E-state index in [9.17, 15) is 12.8 Å². The SMILES string of the molecule is NS(=O)(=O)c1ccc(C2=CCC=C2Cc2ccc(F)cc2)nc1. The second-order valence-electron chi connectivity index (χ2n) is 5.31. The van der Waals surface area contributed by atoms with Gasteiger partial charge in [0.1, 0.15) is 10.7 Å². The third kappa shape index (κ3) is 3.55. The Bertz CT molecular complexity index is 883. The second-order valence-corrected chi connectivity index (χ2v) is 6.87. The van der Waals surface area contributed by atoms with Gasteiger partial charge in [-0.3, -0.25) is 4.98 Å². The summed E-state index contributed by atoms with van der Waals surface area (Å²) in [7, 11) is -3.74. The molecule has 23 heavy (non-hydrogen) atoms. The van der Waals surface area contributed by atoms with Gasteiger partial charge in [-0.2, -0.15) is 0 Å². The van der Waals surface area contributed by atoms with Crippen LogP contribution in [0.1, 0.15) is 17.7 Å². The van der Waals surface area contributed by atoms with E-state index >= 15 is 0 Å². The zero-order chi connectivity index (χ0) is 16.4. The van der Waals surface area contributed by atoms with Crippen LogP contribution in [0.15, 0.2) is 65.2 Å². The van der Waals surface area contributed by atoms with Crippen molar-refractivity contribution in [3.05, 3.63) is 77.4 Å². The van der Waals surface area contributed by atoms with Crippen molar-refractivity contribution in [1.82, 2.24) is 4.98 Å². The lowest BCUT2D eigenvalue weighted by atomic mass is 9.98. The summed E-state index contributed by atoms with van der Waals surface area (Å²) >= 11 is 0. The molecule has 0 unspecified atom stereocenters. The number of sulfonamides is 1. The fourth-order valence-electron chi connectivity index (χ4n) is 2.53. The molecule has 0 fully saturated rings. The standard InChI is InChI=1S/C17H15FN2O2S/c18-14-6-4-12(5-7-14)10-13-2-1-3-16(13)17-9-8-15(11-20-17)23(19,21)22/h2-9,11H,1,10H2,(H2,19,21,22). The average molecular weight is 330 g/mol. The minimum absolute atomic E-state index is 0.0103. The van der Waals surface area contributed by atoms with Gasteiger partial charge in [0.25, 0.3) is 0 Å². The highest BCUT2D eigenvalue weighted by atomic mass is 32.2. The number of allylic oxidation sites excluding steroid dienone is 4. The molecule has 3 rings (SSSR count). The van der Waals surface area contributed by atoms with Gasteiger partial charge >= 0.3 is 0 Å². The molecule has 0 bridgehead atoms. The molecule has 1 aliphatic carbocycles. The molecule has 0 saturated heterocycles. The average Bonchev–Trinajstić information content (AvgIpc) is 2.97. The molecule has 118 valence electrons. The molecule has 0 radical (unpaired) electrons.